The number of benzene rings is 2. The molecule has 0 N–H and O–H groups in total. The molecule has 2 aromatic rings. The first-order valence-electron chi connectivity index (χ1n) is 7.39. The Labute approximate surface area is 121 Å². The van der Waals surface area contributed by atoms with E-state index in [1.807, 2.05) is 12.1 Å². The van der Waals surface area contributed by atoms with Gasteiger partial charge in [-0.05, 0) is 42.4 Å². The lowest BCUT2D eigenvalue weighted by molar-refractivity contribution is 0.296. The third-order valence-corrected chi connectivity index (χ3v) is 3.98. The number of rotatable bonds is 6. The molecule has 0 aliphatic rings. The van der Waals surface area contributed by atoms with Crippen LogP contribution in [-0.2, 0) is 0 Å². The predicted molar refractivity (Wildman–Crippen MR) is 84.7 cm³/mol. The van der Waals surface area contributed by atoms with Gasteiger partial charge in [-0.1, -0.05) is 56.3 Å². The second-order valence-electron chi connectivity index (χ2n) is 5.07. The Bertz CT molecular complexity index is 588. The van der Waals surface area contributed by atoms with Crippen LogP contribution in [0.1, 0.15) is 31.7 Å². The van der Waals surface area contributed by atoms with Crippen LogP contribution in [0.2, 0.25) is 0 Å². The summed E-state index contributed by atoms with van der Waals surface area (Å²) >= 11 is 0. The molecule has 0 amide bonds. The number of hydrogen-bond acceptors (Lipinski definition) is 2. The Kier molecular flexibility index (Phi) is 5.15. The fourth-order valence-electron chi connectivity index (χ4n) is 2.70. The molecule has 0 aliphatic carbocycles. The highest BCUT2D eigenvalue weighted by molar-refractivity contribution is 5.86. The fraction of sp³-hybridized carbons (Fsp3) is 0.389. The van der Waals surface area contributed by atoms with Crippen LogP contribution in [0.4, 0.5) is 0 Å². The normalized spacial score (nSPS) is 12.5. The Morgan fingerprint density at radius 3 is 2.45 bits per heavy atom. The minimum absolute atomic E-state index is 0.0262. The minimum atomic E-state index is -0.0262. The van der Waals surface area contributed by atoms with Crippen LogP contribution in [0.15, 0.2) is 42.5 Å². The van der Waals surface area contributed by atoms with Crippen molar-refractivity contribution < 1.29 is 0 Å². The Morgan fingerprint density at radius 1 is 1.05 bits per heavy atom. The molecule has 0 saturated carbocycles. The lowest BCUT2D eigenvalue weighted by atomic mass is 9.92. The first-order chi connectivity index (χ1) is 9.80. The van der Waals surface area contributed by atoms with Crippen LogP contribution in [0, 0.1) is 11.3 Å². The zero-order valence-corrected chi connectivity index (χ0v) is 12.3. The van der Waals surface area contributed by atoms with Crippen molar-refractivity contribution in [2.45, 2.75) is 26.2 Å². The standard InChI is InChI=1S/C18H22N2/c1-3-20(4-2)13-12-16(14-19)18-11-7-9-15-8-5-6-10-17(15)18/h5-11,16H,3-4,12-13H2,1-2H3/t16-/m0/s1. The third kappa shape index (κ3) is 3.18. The molecule has 2 aromatic carbocycles. The third-order valence-electron chi connectivity index (χ3n) is 3.98. The lowest BCUT2D eigenvalue weighted by Crippen LogP contribution is -2.25. The van der Waals surface area contributed by atoms with E-state index in [2.05, 4.69) is 55.1 Å². The zero-order valence-electron chi connectivity index (χ0n) is 12.3. The summed E-state index contributed by atoms with van der Waals surface area (Å²) in [4.78, 5) is 2.37. The van der Waals surface area contributed by atoms with E-state index in [1.165, 1.54) is 10.8 Å². The summed E-state index contributed by atoms with van der Waals surface area (Å²) in [6.45, 7) is 7.41. The highest BCUT2D eigenvalue weighted by Gasteiger charge is 2.14. The lowest BCUT2D eigenvalue weighted by Gasteiger charge is -2.20. The van der Waals surface area contributed by atoms with Crippen LogP contribution in [-0.4, -0.2) is 24.5 Å². The largest absolute Gasteiger partial charge is 0.304 e. The molecule has 104 valence electrons. The van der Waals surface area contributed by atoms with Crippen molar-refractivity contribution in [3.05, 3.63) is 48.0 Å². The second-order valence-corrected chi connectivity index (χ2v) is 5.07. The number of nitriles is 1. The smallest absolute Gasteiger partial charge is 0.0730 e. The van der Waals surface area contributed by atoms with E-state index in [0.29, 0.717) is 0 Å². The summed E-state index contributed by atoms with van der Waals surface area (Å²) in [5.41, 5.74) is 1.16. The molecule has 0 spiro atoms. The van der Waals surface area contributed by atoms with E-state index in [0.717, 1.165) is 31.6 Å². The van der Waals surface area contributed by atoms with Gasteiger partial charge in [0.15, 0.2) is 0 Å². The summed E-state index contributed by atoms with van der Waals surface area (Å²) < 4.78 is 0. The molecule has 20 heavy (non-hydrogen) atoms. The Hall–Kier alpha value is -1.85. The van der Waals surface area contributed by atoms with Crippen molar-refractivity contribution in [3.8, 4) is 6.07 Å². The van der Waals surface area contributed by atoms with Crippen molar-refractivity contribution in [3.63, 3.8) is 0 Å². The predicted octanol–water partition coefficient (Wildman–Crippen LogP) is 4.18. The maximum absolute atomic E-state index is 9.53. The number of fused-ring (bicyclic) bond motifs is 1. The molecule has 0 bridgehead atoms. The van der Waals surface area contributed by atoms with Gasteiger partial charge in [-0.25, -0.2) is 0 Å². The number of hydrogen-bond donors (Lipinski definition) is 0. The van der Waals surface area contributed by atoms with E-state index in [4.69, 9.17) is 0 Å². The summed E-state index contributed by atoms with van der Waals surface area (Å²) in [7, 11) is 0. The maximum Gasteiger partial charge on any atom is 0.0730 e. The van der Waals surface area contributed by atoms with Gasteiger partial charge in [-0.15, -0.1) is 0 Å². The van der Waals surface area contributed by atoms with Crippen LogP contribution in [0.25, 0.3) is 10.8 Å². The van der Waals surface area contributed by atoms with Crippen LogP contribution < -0.4 is 0 Å². The molecule has 0 saturated heterocycles. The maximum atomic E-state index is 9.53. The van der Waals surface area contributed by atoms with E-state index in [-0.39, 0.29) is 5.92 Å². The Balaban J connectivity index is 2.24. The van der Waals surface area contributed by atoms with Crippen molar-refractivity contribution in [1.82, 2.24) is 4.90 Å². The van der Waals surface area contributed by atoms with Crippen molar-refractivity contribution in [1.29, 1.82) is 5.26 Å². The molecule has 2 rings (SSSR count). The quantitative estimate of drug-likeness (QED) is 0.784. The second kappa shape index (κ2) is 7.07. The van der Waals surface area contributed by atoms with Gasteiger partial charge >= 0.3 is 0 Å². The molecular weight excluding hydrogens is 244 g/mol. The topological polar surface area (TPSA) is 27.0 Å². The van der Waals surface area contributed by atoms with Gasteiger partial charge in [0.25, 0.3) is 0 Å². The molecule has 0 fully saturated rings. The molecule has 0 aromatic heterocycles. The first-order valence-corrected chi connectivity index (χ1v) is 7.39. The SMILES string of the molecule is CCN(CC)CC[C@@H](C#N)c1cccc2ccccc12. The summed E-state index contributed by atoms with van der Waals surface area (Å²) in [5, 5.41) is 12.0. The summed E-state index contributed by atoms with van der Waals surface area (Å²) in [5.74, 6) is -0.0262. The molecule has 2 nitrogen and oxygen atoms in total. The van der Waals surface area contributed by atoms with Gasteiger partial charge in [-0.3, -0.25) is 0 Å². The van der Waals surface area contributed by atoms with Crippen LogP contribution >= 0.6 is 0 Å². The zero-order chi connectivity index (χ0) is 14.4. The van der Waals surface area contributed by atoms with Crippen LogP contribution in [0.3, 0.4) is 0 Å². The molecule has 0 radical (unpaired) electrons. The molecule has 2 heteroatoms. The molecule has 0 unspecified atom stereocenters. The summed E-state index contributed by atoms with van der Waals surface area (Å²) in [6.07, 6.45) is 0.895. The van der Waals surface area contributed by atoms with Gasteiger partial charge in [0.05, 0.1) is 12.0 Å². The van der Waals surface area contributed by atoms with Gasteiger partial charge in [-0.2, -0.15) is 5.26 Å². The van der Waals surface area contributed by atoms with E-state index < -0.39 is 0 Å². The average Bonchev–Trinajstić information content (AvgIpc) is 2.51. The first kappa shape index (κ1) is 14.6. The average molecular weight is 266 g/mol. The van der Waals surface area contributed by atoms with Crippen molar-refractivity contribution in [2.24, 2.45) is 0 Å². The van der Waals surface area contributed by atoms with E-state index in [9.17, 15) is 5.26 Å². The minimum Gasteiger partial charge on any atom is -0.304 e. The number of nitrogens with zero attached hydrogens (tertiary/aromatic N) is 2. The van der Waals surface area contributed by atoms with Gasteiger partial charge in [0.2, 0.25) is 0 Å². The van der Waals surface area contributed by atoms with Gasteiger partial charge in [0, 0.05) is 0 Å². The van der Waals surface area contributed by atoms with Crippen molar-refractivity contribution in [2.75, 3.05) is 19.6 Å². The monoisotopic (exact) mass is 266 g/mol. The van der Waals surface area contributed by atoms with E-state index >= 15 is 0 Å². The Morgan fingerprint density at radius 2 is 1.75 bits per heavy atom. The van der Waals surface area contributed by atoms with Gasteiger partial charge in [0.1, 0.15) is 0 Å². The van der Waals surface area contributed by atoms with Crippen molar-refractivity contribution >= 4 is 10.8 Å². The molecule has 0 heterocycles. The molecule has 1 atom stereocenters. The van der Waals surface area contributed by atoms with E-state index in [1.54, 1.807) is 0 Å². The van der Waals surface area contributed by atoms with Gasteiger partial charge < -0.3 is 4.90 Å². The molecule has 0 aliphatic heterocycles. The fourth-order valence-corrected chi connectivity index (χ4v) is 2.70. The molecular formula is C18H22N2. The highest BCUT2D eigenvalue weighted by atomic mass is 15.1. The van der Waals surface area contributed by atoms with Crippen LogP contribution in [0.5, 0.6) is 0 Å². The summed E-state index contributed by atoms with van der Waals surface area (Å²) in [6, 6.07) is 17.1. The highest BCUT2D eigenvalue weighted by Crippen LogP contribution is 2.27.